The van der Waals surface area contributed by atoms with Crippen LogP contribution in [-0.2, 0) is 19.4 Å². The molecule has 0 aromatic heterocycles. The van der Waals surface area contributed by atoms with Crippen LogP contribution in [0.5, 0.6) is 5.75 Å². The van der Waals surface area contributed by atoms with Crippen molar-refractivity contribution >= 4 is 15.8 Å². The number of carbonyl (C=O) groups is 1. The lowest BCUT2D eigenvalue weighted by atomic mass is 10.1. The lowest BCUT2D eigenvalue weighted by Gasteiger charge is -2.07. The Morgan fingerprint density at radius 3 is 2.22 bits per heavy atom. The molecule has 0 saturated carbocycles. The Balaban J connectivity index is 2.34. The second-order valence-corrected chi connectivity index (χ2v) is 7.41. The van der Waals surface area contributed by atoms with Crippen LogP contribution in [0, 0.1) is 0 Å². The first kappa shape index (κ1) is 19.5. The smallest absolute Gasteiger partial charge is 0.321 e. The number of unbranched alkanes of at least 4 members (excludes halogenated alkanes) is 5. The van der Waals surface area contributed by atoms with Crippen molar-refractivity contribution in [3.63, 3.8) is 0 Å². The Morgan fingerprint density at radius 1 is 1.00 bits per heavy atom. The van der Waals surface area contributed by atoms with Crippen molar-refractivity contribution in [2.75, 3.05) is 19.5 Å². The molecule has 1 aromatic carbocycles. The van der Waals surface area contributed by atoms with Crippen LogP contribution in [-0.4, -0.2) is 33.9 Å². The van der Waals surface area contributed by atoms with Crippen molar-refractivity contribution in [2.45, 2.75) is 50.3 Å². The molecule has 1 rings (SSSR count). The minimum Gasteiger partial charge on any atom is -0.497 e. The van der Waals surface area contributed by atoms with Gasteiger partial charge in [-0.2, -0.15) is 0 Å². The average molecular weight is 342 g/mol. The number of benzene rings is 1. The van der Waals surface area contributed by atoms with E-state index in [0.717, 1.165) is 19.3 Å². The van der Waals surface area contributed by atoms with Crippen LogP contribution in [0.3, 0.4) is 0 Å². The zero-order chi connectivity index (χ0) is 17.1. The van der Waals surface area contributed by atoms with Gasteiger partial charge in [0.1, 0.15) is 5.75 Å². The predicted octanol–water partition coefficient (Wildman–Crippen LogP) is 3.37. The highest BCUT2D eigenvalue weighted by atomic mass is 32.2. The molecule has 1 aromatic rings. The highest BCUT2D eigenvalue weighted by molar-refractivity contribution is 7.92. The van der Waals surface area contributed by atoms with E-state index in [9.17, 15) is 13.2 Å². The fourth-order valence-corrected chi connectivity index (χ4v) is 3.24. The van der Waals surface area contributed by atoms with Crippen molar-refractivity contribution in [3.8, 4) is 5.75 Å². The molecule has 0 N–H and O–H groups in total. The van der Waals surface area contributed by atoms with Gasteiger partial charge in [-0.3, -0.25) is 4.79 Å². The molecule has 0 heterocycles. The van der Waals surface area contributed by atoms with Crippen molar-refractivity contribution in [1.29, 1.82) is 0 Å². The van der Waals surface area contributed by atoms with Crippen molar-refractivity contribution in [3.05, 3.63) is 24.3 Å². The molecule has 0 saturated heterocycles. The highest BCUT2D eigenvalue weighted by Gasteiger charge is 2.20. The maximum Gasteiger partial charge on any atom is 0.321 e. The molecule has 0 aliphatic rings. The molecule has 0 atom stereocenters. The third-order valence-electron chi connectivity index (χ3n) is 3.49. The largest absolute Gasteiger partial charge is 0.497 e. The van der Waals surface area contributed by atoms with Crippen LogP contribution in [0.4, 0.5) is 0 Å². The van der Waals surface area contributed by atoms with Gasteiger partial charge in [0.05, 0.1) is 18.6 Å². The first-order valence-electron chi connectivity index (χ1n) is 8.02. The lowest BCUT2D eigenvalue weighted by molar-refractivity contribution is -0.140. The summed E-state index contributed by atoms with van der Waals surface area (Å²) in [6, 6.07) is 5.95. The molecule has 0 aliphatic carbocycles. The van der Waals surface area contributed by atoms with Gasteiger partial charge in [-0.15, -0.1) is 0 Å². The molecular formula is C17H26O5S. The lowest BCUT2D eigenvalue weighted by Crippen LogP contribution is -2.19. The van der Waals surface area contributed by atoms with E-state index >= 15 is 0 Å². The summed E-state index contributed by atoms with van der Waals surface area (Å²) in [7, 11) is -2.17. The summed E-state index contributed by atoms with van der Waals surface area (Å²) in [5, 5.41) is 0. The Kier molecular flexibility index (Phi) is 8.69. The number of carbonyl (C=O) groups excluding carboxylic acids is 1. The number of sulfone groups is 1. The summed E-state index contributed by atoms with van der Waals surface area (Å²) >= 11 is 0. The Labute approximate surface area is 138 Å². The zero-order valence-corrected chi connectivity index (χ0v) is 14.7. The van der Waals surface area contributed by atoms with Gasteiger partial charge in [-0.25, -0.2) is 8.42 Å². The van der Waals surface area contributed by atoms with E-state index in [2.05, 4.69) is 6.92 Å². The first-order chi connectivity index (χ1) is 11.0. The van der Waals surface area contributed by atoms with E-state index in [0.29, 0.717) is 5.75 Å². The summed E-state index contributed by atoms with van der Waals surface area (Å²) < 4.78 is 34.2. The van der Waals surface area contributed by atoms with Crippen LogP contribution in [0.15, 0.2) is 29.2 Å². The first-order valence-corrected chi connectivity index (χ1v) is 9.67. The number of methoxy groups -OCH3 is 1. The maximum absolute atomic E-state index is 12.1. The summed E-state index contributed by atoms with van der Waals surface area (Å²) in [5.41, 5.74) is 0. The fraction of sp³-hybridized carbons (Fsp3) is 0.588. The predicted molar refractivity (Wildman–Crippen MR) is 89.4 cm³/mol. The molecule has 0 radical (unpaired) electrons. The monoisotopic (exact) mass is 342 g/mol. The van der Waals surface area contributed by atoms with Gasteiger partial charge in [0.2, 0.25) is 0 Å². The van der Waals surface area contributed by atoms with Crippen molar-refractivity contribution in [2.24, 2.45) is 0 Å². The number of rotatable bonds is 11. The molecule has 5 nitrogen and oxygen atoms in total. The SMILES string of the molecule is CCCCCCCCOC(=O)CS(=O)(=O)c1ccc(OC)cc1. The molecule has 0 fully saturated rings. The van der Waals surface area contributed by atoms with Gasteiger partial charge in [-0.1, -0.05) is 39.0 Å². The quantitative estimate of drug-likeness (QED) is 0.455. The second-order valence-electron chi connectivity index (χ2n) is 5.42. The van der Waals surface area contributed by atoms with E-state index < -0.39 is 21.6 Å². The van der Waals surface area contributed by atoms with E-state index in [1.54, 1.807) is 12.1 Å². The van der Waals surface area contributed by atoms with Crippen LogP contribution in [0.25, 0.3) is 0 Å². The minimum atomic E-state index is -3.67. The van der Waals surface area contributed by atoms with Crippen molar-refractivity contribution in [1.82, 2.24) is 0 Å². The highest BCUT2D eigenvalue weighted by Crippen LogP contribution is 2.17. The molecule has 23 heavy (non-hydrogen) atoms. The minimum absolute atomic E-state index is 0.0924. The zero-order valence-electron chi connectivity index (χ0n) is 13.9. The molecular weight excluding hydrogens is 316 g/mol. The van der Waals surface area contributed by atoms with Crippen LogP contribution < -0.4 is 4.74 Å². The fourth-order valence-electron chi connectivity index (χ4n) is 2.13. The van der Waals surface area contributed by atoms with Gasteiger partial charge < -0.3 is 9.47 Å². The average Bonchev–Trinajstić information content (AvgIpc) is 2.53. The number of esters is 1. The summed E-state index contributed by atoms with van der Waals surface area (Å²) in [6.07, 6.45) is 6.50. The van der Waals surface area contributed by atoms with Gasteiger partial charge in [0, 0.05) is 0 Å². The van der Waals surface area contributed by atoms with Crippen LogP contribution >= 0.6 is 0 Å². The van der Waals surface area contributed by atoms with Gasteiger partial charge >= 0.3 is 5.97 Å². The van der Waals surface area contributed by atoms with E-state index in [-0.39, 0.29) is 11.5 Å². The van der Waals surface area contributed by atoms with Crippen LogP contribution in [0.1, 0.15) is 45.4 Å². The van der Waals surface area contributed by atoms with Gasteiger partial charge in [-0.05, 0) is 30.7 Å². The summed E-state index contributed by atoms with van der Waals surface area (Å²) in [5.74, 6) is -0.765. The third-order valence-corrected chi connectivity index (χ3v) is 5.09. The standard InChI is InChI=1S/C17H26O5S/c1-3-4-5-6-7-8-13-22-17(18)14-23(19,20)16-11-9-15(21-2)10-12-16/h9-12H,3-8,13-14H2,1-2H3. The van der Waals surface area contributed by atoms with Gasteiger partial charge in [0.15, 0.2) is 15.6 Å². The molecule has 130 valence electrons. The Hall–Kier alpha value is -1.56. The van der Waals surface area contributed by atoms with E-state index in [4.69, 9.17) is 9.47 Å². The molecule has 0 aliphatic heterocycles. The molecule has 0 amide bonds. The Morgan fingerprint density at radius 2 is 1.61 bits per heavy atom. The van der Waals surface area contributed by atoms with Gasteiger partial charge in [0.25, 0.3) is 0 Å². The summed E-state index contributed by atoms with van der Waals surface area (Å²) in [4.78, 5) is 11.8. The Bertz CT molecular complexity index is 563. The number of hydrogen-bond donors (Lipinski definition) is 0. The number of ether oxygens (including phenoxy) is 2. The molecule has 6 heteroatoms. The summed E-state index contributed by atoms with van der Waals surface area (Å²) in [6.45, 7) is 2.44. The number of hydrogen-bond acceptors (Lipinski definition) is 5. The normalized spacial score (nSPS) is 11.2. The molecule has 0 unspecified atom stereocenters. The molecule has 0 bridgehead atoms. The van der Waals surface area contributed by atoms with E-state index in [1.165, 1.54) is 38.5 Å². The van der Waals surface area contributed by atoms with Crippen LogP contribution in [0.2, 0.25) is 0 Å². The third kappa shape index (κ3) is 7.50. The van der Waals surface area contributed by atoms with Crippen molar-refractivity contribution < 1.29 is 22.7 Å². The molecule has 0 spiro atoms. The topological polar surface area (TPSA) is 69.7 Å². The maximum atomic E-state index is 12.1. The van der Waals surface area contributed by atoms with E-state index in [1.807, 2.05) is 0 Å². The second kappa shape index (κ2) is 10.3.